The van der Waals surface area contributed by atoms with Gasteiger partial charge in [-0.15, -0.1) is 0 Å². The van der Waals surface area contributed by atoms with Crippen molar-refractivity contribution in [2.24, 2.45) is 0 Å². The van der Waals surface area contributed by atoms with Crippen LogP contribution in [-0.4, -0.2) is 25.1 Å². The third kappa shape index (κ3) is 5.61. The number of nitrogens with zero attached hydrogens (tertiary/aromatic N) is 1. The molecular formula is C20H26N2O2. The number of hydrogen-bond acceptors (Lipinski definition) is 3. The zero-order chi connectivity index (χ0) is 17.4. The molecule has 1 N–H and O–H groups in total. The van der Waals surface area contributed by atoms with Gasteiger partial charge in [0.1, 0.15) is 5.75 Å². The van der Waals surface area contributed by atoms with Crippen LogP contribution < -0.4 is 15.0 Å². The molecule has 24 heavy (non-hydrogen) atoms. The first-order chi connectivity index (χ1) is 11.6. The van der Waals surface area contributed by atoms with Gasteiger partial charge in [0.05, 0.1) is 12.6 Å². The van der Waals surface area contributed by atoms with Crippen molar-refractivity contribution >= 4 is 11.6 Å². The Kier molecular flexibility index (Phi) is 6.67. The molecular weight excluding hydrogens is 300 g/mol. The van der Waals surface area contributed by atoms with Gasteiger partial charge in [0.2, 0.25) is 5.91 Å². The molecule has 2 aromatic carbocycles. The molecule has 0 saturated heterocycles. The van der Waals surface area contributed by atoms with E-state index in [-0.39, 0.29) is 12.0 Å². The Morgan fingerprint density at radius 3 is 2.33 bits per heavy atom. The number of amides is 1. The van der Waals surface area contributed by atoms with E-state index in [2.05, 4.69) is 10.2 Å². The second kappa shape index (κ2) is 8.96. The number of ether oxygens (including phenoxy) is 1. The molecule has 0 bridgehead atoms. The first-order valence-corrected chi connectivity index (χ1v) is 8.40. The number of anilines is 1. The summed E-state index contributed by atoms with van der Waals surface area (Å²) in [5.41, 5.74) is 2.12. The van der Waals surface area contributed by atoms with Gasteiger partial charge in [-0.2, -0.15) is 0 Å². The first-order valence-electron chi connectivity index (χ1n) is 8.40. The van der Waals surface area contributed by atoms with Gasteiger partial charge < -0.3 is 15.0 Å². The maximum absolute atomic E-state index is 12.2. The molecule has 0 spiro atoms. The highest BCUT2D eigenvalue weighted by atomic mass is 16.5. The molecule has 0 aliphatic heterocycles. The Balaban J connectivity index is 1.84. The summed E-state index contributed by atoms with van der Waals surface area (Å²) in [6.07, 6.45) is 0.161. The zero-order valence-corrected chi connectivity index (χ0v) is 14.7. The summed E-state index contributed by atoms with van der Waals surface area (Å²) in [5.74, 6) is 0.865. The molecule has 0 saturated carbocycles. The third-order valence-corrected chi connectivity index (χ3v) is 3.62. The Bertz CT molecular complexity index is 624. The molecule has 4 nitrogen and oxygen atoms in total. The van der Waals surface area contributed by atoms with Crippen molar-refractivity contribution in [3.8, 4) is 5.75 Å². The van der Waals surface area contributed by atoms with Crippen LogP contribution in [0.2, 0.25) is 0 Å². The average molecular weight is 326 g/mol. The molecule has 0 unspecified atom stereocenters. The molecule has 0 radical (unpaired) electrons. The predicted molar refractivity (Wildman–Crippen MR) is 98.4 cm³/mol. The van der Waals surface area contributed by atoms with E-state index in [0.29, 0.717) is 13.1 Å². The predicted octanol–water partition coefficient (Wildman–Crippen LogP) is 3.62. The maximum Gasteiger partial charge on any atom is 0.239 e. The Labute approximate surface area is 144 Å². The first kappa shape index (κ1) is 17.9. The molecule has 0 aliphatic rings. The normalized spacial score (nSPS) is 10.5. The highest BCUT2D eigenvalue weighted by Crippen LogP contribution is 2.14. The van der Waals surface area contributed by atoms with Crippen LogP contribution in [-0.2, 0) is 11.3 Å². The number of likely N-dealkylation sites (N-methyl/N-ethyl adjacent to an activating group) is 1. The van der Waals surface area contributed by atoms with E-state index in [0.717, 1.165) is 23.5 Å². The molecule has 0 atom stereocenters. The quantitative estimate of drug-likeness (QED) is 0.805. The van der Waals surface area contributed by atoms with Gasteiger partial charge in [-0.3, -0.25) is 4.79 Å². The van der Waals surface area contributed by atoms with Gasteiger partial charge in [0.15, 0.2) is 0 Å². The number of carbonyl (C=O) groups is 1. The van der Waals surface area contributed by atoms with Crippen LogP contribution in [0.3, 0.4) is 0 Å². The van der Waals surface area contributed by atoms with Crippen LogP contribution in [0.5, 0.6) is 5.75 Å². The van der Waals surface area contributed by atoms with Crippen molar-refractivity contribution in [1.29, 1.82) is 0 Å². The van der Waals surface area contributed by atoms with E-state index in [1.165, 1.54) is 0 Å². The summed E-state index contributed by atoms with van der Waals surface area (Å²) in [5, 5.41) is 2.97. The topological polar surface area (TPSA) is 41.6 Å². The van der Waals surface area contributed by atoms with Crippen LogP contribution in [0.4, 0.5) is 5.69 Å². The monoisotopic (exact) mass is 326 g/mol. The van der Waals surface area contributed by atoms with E-state index in [1.807, 2.05) is 75.4 Å². The van der Waals surface area contributed by atoms with Crippen LogP contribution in [0.25, 0.3) is 0 Å². The number of nitrogens with one attached hydrogen (secondary N) is 1. The smallest absolute Gasteiger partial charge is 0.239 e. The van der Waals surface area contributed by atoms with E-state index in [4.69, 9.17) is 4.74 Å². The van der Waals surface area contributed by atoms with Gasteiger partial charge in [-0.25, -0.2) is 0 Å². The third-order valence-electron chi connectivity index (χ3n) is 3.62. The van der Waals surface area contributed by atoms with Crippen molar-refractivity contribution in [3.63, 3.8) is 0 Å². The zero-order valence-electron chi connectivity index (χ0n) is 14.7. The lowest BCUT2D eigenvalue weighted by Crippen LogP contribution is -2.36. The van der Waals surface area contributed by atoms with Gasteiger partial charge >= 0.3 is 0 Å². The lowest BCUT2D eigenvalue weighted by atomic mass is 10.2. The minimum absolute atomic E-state index is 0.0169. The van der Waals surface area contributed by atoms with Gasteiger partial charge in [-0.1, -0.05) is 30.3 Å². The van der Waals surface area contributed by atoms with Crippen LogP contribution in [0.1, 0.15) is 26.3 Å². The summed E-state index contributed by atoms with van der Waals surface area (Å²) in [4.78, 5) is 14.2. The van der Waals surface area contributed by atoms with Crippen molar-refractivity contribution in [3.05, 3.63) is 60.2 Å². The Morgan fingerprint density at radius 1 is 1.08 bits per heavy atom. The number of para-hydroxylation sites is 1. The highest BCUT2D eigenvalue weighted by molar-refractivity contribution is 5.81. The molecule has 0 aliphatic carbocycles. The lowest BCUT2D eigenvalue weighted by molar-refractivity contribution is -0.119. The fraction of sp³-hybridized carbons (Fsp3) is 0.350. The molecule has 2 rings (SSSR count). The van der Waals surface area contributed by atoms with Crippen LogP contribution in [0.15, 0.2) is 54.6 Å². The Hall–Kier alpha value is -2.49. The van der Waals surface area contributed by atoms with E-state index in [1.54, 1.807) is 0 Å². The molecule has 0 heterocycles. The van der Waals surface area contributed by atoms with Crippen molar-refractivity contribution in [2.75, 3.05) is 18.0 Å². The number of benzene rings is 2. The van der Waals surface area contributed by atoms with Crippen LogP contribution >= 0.6 is 0 Å². The summed E-state index contributed by atoms with van der Waals surface area (Å²) in [6, 6.07) is 17.8. The largest absolute Gasteiger partial charge is 0.491 e. The molecule has 0 fully saturated rings. The van der Waals surface area contributed by atoms with Crippen molar-refractivity contribution < 1.29 is 9.53 Å². The van der Waals surface area contributed by atoms with Crippen molar-refractivity contribution in [2.45, 2.75) is 33.4 Å². The van der Waals surface area contributed by atoms with E-state index < -0.39 is 0 Å². The summed E-state index contributed by atoms with van der Waals surface area (Å²) in [6.45, 7) is 7.72. The van der Waals surface area contributed by atoms with Gasteiger partial charge in [0, 0.05) is 18.8 Å². The fourth-order valence-electron chi connectivity index (χ4n) is 2.41. The molecule has 128 valence electrons. The minimum atomic E-state index is 0.0169. The van der Waals surface area contributed by atoms with E-state index in [9.17, 15) is 4.79 Å². The van der Waals surface area contributed by atoms with Gasteiger partial charge in [0.25, 0.3) is 0 Å². The second-order valence-corrected chi connectivity index (χ2v) is 5.94. The van der Waals surface area contributed by atoms with Crippen molar-refractivity contribution in [1.82, 2.24) is 5.32 Å². The second-order valence-electron chi connectivity index (χ2n) is 5.94. The molecule has 4 heteroatoms. The maximum atomic E-state index is 12.2. The average Bonchev–Trinajstić information content (AvgIpc) is 2.59. The molecule has 0 aromatic heterocycles. The highest BCUT2D eigenvalue weighted by Gasteiger charge is 2.09. The molecule has 2 aromatic rings. The summed E-state index contributed by atoms with van der Waals surface area (Å²) in [7, 11) is 0. The van der Waals surface area contributed by atoms with Gasteiger partial charge in [-0.05, 0) is 50.6 Å². The van der Waals surface area contributed by atoms with Crippen LogP contribution in [0, 0.1) is 0 Å². The standard InChI is InChI=1S/C20H26N2O2/c1-4-22(18-8-6-5-7-9-18)15-20(23)21-14-17-10-12-19(13-11-17)24-16(2)3/h5-13,16H,4,14-15H2,1-3H3,(H,21,23). The fourth-order valence-corrected chi connectivity index (χ4v) is 2.41. The lowest BCUT2D eigenvalue weighted by Gasteiger charge is -2.22. The Morgan fingerprint density at radius 2 is 1.75 bits per heavy atom. The summed E-state index contributed by atoms with van der Waals surface area (Å²) >= 11 is 0. The molecule has 1 amide bonds. The minimum Gasteiger partial charge on any atom is -0.491 e. The summed E-state index contributed by atoms with van der Waals surface area (Å²) < 4.78 is 5.62. The SMILES string of the molecule is CCN(CC(=O)NCc1ccc(OC(C)C)cc1)c1ccccc1. The van der Waals surface area contributed by atoms with E-state index >= 15 is 0 Å². The number of rotatable bonds is 8. The number of hydrogen-bond donors (Lipinski definition) is 1. The number of carbonyl (C=O) groups excluding carboxylic acids is 1.